The van der Waals surface area contributed by atoms with Gasteiger partial charge < -0.3 is 14.9 Å². The Labute approximate surface area is 330 Å². The largest absolute Gasteiger partial charge is 0.353 e. The molecule has 0 fully saturated rings. The lowest BCUT2D eigenvalue weighted by molar-refractivity contribution is 0.510. The number of aromatic nitrogens is 3. The molecule has 5 heterocycles. The van der Waals surface area contributed by atoms with Gasteiger partial charge in [0.15, 0.2) is 0 Å². The highest BCUT2D eigenvalue weighted by molar-refractivity contribution is 6.91. The molecule has 0 radical (unpaired) electrons. The maximum absolute atomic E-state index is 3.99. The third kappa shape index (κ3) is 4.54. The quantitative estimate of drug-likeness (QED) is 0.162. The summed E-state index contributed by atoms with van der Waals surface area (Å²) >= 11 is 0. The van der Waals surface area contributed by atoms with Crippen LogP contribution in [0.4, 0.5) is 11.4 Å². The van der Waals surface area contributed by atoms with Crippen LogP contribution in [0.5, 0.6) is 0 Å². The molecule has 5 heteroatoms. The van der Waals surface area contributed by atoms with Crippen LogP contribution in [0.2, 0.25) is 5.82 Å². The van der Waals surface area contributed by atoms with Gasteiger partial charge in [-0.2, -0.15) is 0 Å². The first kappa shape index (κ1) is 33.9. The molecule has 3 aliphatic rings. The molecular formula is C51H51BN4. The van der Waals surface area contributed by atoms with Crippen molar-refractivity contribution < 1.29 is 0 Å². The molecule has 3 aromatic heterocycles. The Kier molecular flexibility index (Phi) is 6.60. The molecule has 11 rings (SSSR count). The molecule has 1 unspecified atom stereocenters. The molecule has 1 atom stereocenters. The van der Waals surface area contributed by atoms with Crippen molar-refractivity contribution in [2.45, 2.75) is 92.3 Å². The lowest BCUT2D eigenvalue weighted by Gasteiger charge is -2.47. The Morgan fingerprint density at radius 2 is 1.39 bits per heavy atom. The zero-order valence-corrected chi connectivity index (χ0v) is 34.5. The van der Waals surface area contributed by atoms with Crippen molar-refractivity contribution in [3.8, 4) is 5.69 Å². The summed E-state index contributed by atoms with van der Waals surface area (Å²) in [6, 6.07) is 32.8. The Hall–Kier alpha value is -5.42. The SMILES string of the molecule is Cc1cc2c3c(c1)-n1c4[nH]c5ccccc5c4c4cc(C(C)(C)C)cc(c41)B3C1CC=C(C(C)(C)C)C=C1N2c1cccc2c1[nH]c1cc(C(C)(C)C)ccc12. The number of aryl methyl sites for hydroxylation is 1. The van der Waals surface area contributed by atoms with Crippen LogP contribution < -0.4 is 15.8 Å². The number of H-pyrrole nitrogens is 2. The van der Waals surface area contributed by atoms with Crippen molar-refractivity contribution in [2.75, 3.05) is 4.90 Å². The summed E-state index contributed by atoms with van der Waals surface area (Å²) in [5, 5.41) is 6.54. The summed E-state index contributed by atoms with van der Waals surface area (Å²) < 4.78 is 2.60. The van der Waals surface area contributed by atoms with Gasteiger partial charge in [-0.3, -0.25) is 4.57 Å². The Morgan fingerprint density at radius 3 is 2.16 bits per heavy atom. The fraction of sp³-hybridized carbons (Fsp3) is 0.294. The summed E-state index contributed by atoms with van der Waals surface area (Å²) in [6.07, 6.45) is 6.11. The fourth-order valence-corrected chi connectivity index (χ4v) is 10.4. The van der Waals surface area contributed by atoms with E-state index in [0.717, 1.165) is 6.42 Å². The van der Waals surface area contributed by atoms with E-state index in [1.165, 1.54) is 111 Å². The molecule has 8 aromatic rings. The third-order valence-corrected chi connectivity index (χ3v) is 13.3. The molecule has 278 valence electrons. The Morgan fingerprint density at radius 1 is 0.643 bits per heavy atom. The van der Waals surface area contributed by atoms with Gasteiger partial charge in [0.05, 0.1) is 16.7 Å². The van der Waals surface area contributed by atoms with E-state index in [-0.39, 0.29) is 28.8 Å². The van der Waals surface area contributed by atoms with E-state index in [0.29, 0.717) is 0 Å². The fourth-order valence-electron chi connectivity index (χ4n) is 10.4. The van der Waals surface area contributed by atoms with Gasteiger partial charge in [-0.05, 0) is 111 Å². The number of allylic oxidation sites excluding steroid dienone is 4. The highest BCUT2D eigenvalue weighted by Crippen LogP contribution is 2.52. The van der Waals surface area contributed by atoms with E-state index in [9.17, 15) is 0 Å². The van der Waals surface area contributed by atoms with E-state index >= 15 is 0 Å². The highest BCUT2D eigenvalue weighted by atomic mass is 15.2. The molecule has 56 heavy (non-hydrogen) atoms. The molecule has 2 aliphatic heterocycles. The zero-order chi connectivity index (χ0) is 38.8. The van der Waals surface area contributed by atoms with Crippen molar-refractivity contribution >= 4 is 83.7 Å². The zero-order valence-electron chi connectivity index (χ0n) is 34.5. The second kappa shape index (κ2) is 10.9. The van der Waals surface area contributed by atoms with Gasteiger partial charge in [-0.25, -0.2) is 0 Å². The molecule has 0 bridgehead atoms. The molecule has 5 aromatic carbocycles. The molecule has 0 spiro atoms. The van der Waals surface area contributed by atoms with E-state index < -0.39 is 0 Å². The lowest BCUT2D eigenvalue weighted by Crippen LogP contribution is -2.57. The number of aromatic amines is 2. The average molecular weight is 731 g/mol. The van der Waals surface area contributed by atoms with Gasteiger partial charge in [0.25, 0.3) is 0 Å². The maximum Gasteiger partial charge on any atom is 0.226 e. The van der Waals surface area contributed by atoms with Crippen molar-refractivity contribution in [2.24, 2.45) is 5.41 Å². The molecule has 0 saturated carbocycles. The molecule has 2 N–H and O–H groups in total. The first-order valence-corrected chi connectivity index (χ1v) is 20.6. The van der Waals surface area contributed by atoms with Crippen LogP contribution in [0.25, 0.3) is 60.3 Å². The number of rotatable bonds is 1. The van der Waals surface area contributed by atoms with Crippen molar-refractivity contribution in [1.82, 2.24) is 14.5 Å². The van der Waals surface area contributed by atoms with Crippen LogP contribution in [0, 0.1) is 12.3 Å². The summed E-state index contributed by atoms with van der Waals surface area (Å²) in [7, 11) is 0. The average Bonchev–Trinajstić information content (AvgIpc) is 3.81. The maximum atomic E-state index is 3.99. The van der Waals surface area contributed by atoms with Crippen LogP contribution in [0.3, 0.4) is 0 Å². The van der Waals surface area contributed by atoms with Gasteiger partial charge in [-0.1, -0.05) is 117 Å². The van der Waals surface area contributed by atoms with Crippen LogP contribution in [0.15, 0.2) is 108 Å². The predicted octanol–water partition coefficient (Wildman–Crippen LogP) is 12.5. The number of hydrogen-bond acceptors (Lipinski definition) is 1. The number of nitrogens with zero attached hydrogens (tertiary/aromatic N) is 2. The summed E-state index contributed by atoms with van der Waals surface area (Å²) in [4.78, 5) is 10.6. The minimum atomic E-state index is -0.00895. The van der Waals surface area contributed by atoms with Crippen LogP contribution in [-0.2, 0) is 10.8 Å². The molecule has 1 aliphatic carbocycles. The predicted molar refractivity (Wildman–Crippen MR) is 242 cm³/mol. The van der Waals surface area contributed by atoms with Crippen LogP contribution >= 0.6 is 0 Å². The summed E-state index contributed by atoms with van der Waals surface area (Å²) in [5.41, 5.74) is 19.8. The summed E-state index contributed by atoms with van der Waals surface area (Å²) in [6.45, 7) is 23.6. The number of anilines is 2. The Balaban J connectivity index is 1.27. The molecular weight excluding hydrogens is 679 g/mol. The Bertz CT molecular complexity index is 3080. The lowest BCUT2D eigenvalue weighted by atomic mass is 9.29. The molecule has 0 saturated heterocycles. The normalized spacial score (nSPS) is 17.0. The van der Waals surface area contributed by atoms with Gasteiger partial charge in [-0.15, -0.1) is 0 Å². The van der Waals surface area contributed by atoms with E-state index in [1.807, 2.05) is 0 Å². The second-order valence-corrected chi connectivity index (χ2v) is 20.1. The molecule has 4 nitrogen and oxygen atoms in total. The van der Waals surface area contributed by atoms with Crippen LogP contribution in [-0.4, -0.2) is 21.2 Å². The van der Waals surface area contributed by atoms with E-state index in [2.05, 4.69) is 186 Å². The van der Waals surface area contributed by atoms with Crippen molar-refractivity contribution in [3.05, 3.63) is 125 Å². The topological polar surface area (TPSA) is 39.8 Å². The van der Waals surface area contributed by atoms with Crippen LogP contribution in [0.1, 0.15) is 85.4 Å². The van der Waals surface area contributed by atoms with Gasteiger partial charge in [0, 0.05) is 55.0 Å². The van der Waals surface area contributed by atoms with E-state index in [1.54, 1.807) is 0 Å². The number of para-hydroxylation sites is 2. The molecule has 0 amide bonds. The first-order valence-electron chi connectivity index (χ1n) is 20.6. The van der Waals surface area contributed by atoms with Crippen molar-refractivity contribution in [1.29, 1.82) is 0 Å². The van der Waals surface area contributed by atoms with Crippen molar-refractivity contribution in [3.63, 3.8) is 0 Å². The minimum absolute atomic E-state index is 0.00895. The second-order valence-electron chi connectivity index (χ2n) is 20.1. The standard InChI is InChI=1S/C51H51BN4/c1-28-22-42-45-43(23-28)56-47-35(44-34-14-11-12-16-38(34)54-48(44)56)24-31(51(8,9)10)25-37(47)52(45)36-21-19-30(50(5,6)7)27-41(36)55(42)40-17-13-15-33-32-20-18-29(49(2,3)4)26-39(32)53-46(33)40/h11-20,22-27,36,53-54H,21H2,1-10H3. The van der Waals surface area contributed by atoms with Gasteiger partial charge in [0.1, 0.15) is 5.65 Å². The smallest absolute Gasteiger partial charge is 0.226 e. The monoisotopic (exact) mass is 730 g/mol. The number of fused-ring (bicyclic) bond motifs is 12. The number of nitrogens with one attached hydrogen (secondary N) is 2. The van der Waals surface area contributed by atoms with E-state index in [4.69, 9.17) is 0 Å². The summed E-state index contributed by atoms with van der Waals surface area (Å²) in [5.74, 6) is 0.263. The first-order chi connectivity index (χ1) is 26.6. The van der Waals surface area contributed by atoms with Gasteiger partial charge >= 0.3 is 0 Å². The van der Waals surface area contributed by atoms with Gasteiger partial charge in [0.2, 0.25) is 6.71 Å². The highest BCUT2D eigenvalue weighted by Gasteiger charge is 2.48. The third-order valence-electron chi connectivity index (χ3n) is 13.3. The minimum Gasteiger partial charge on any atom is -0.353 e. The number of hydrogen-bond donors (Lipinski definition) is 2. The number of benzene rings is 5.